The number of carbonyl (C=O) groups excluding carboxylic acids is 1. The maximum atomic E-state index is 12.3. The molecule has 2 heterocycles. The molecule has 2 N–H and O–H groups in total. The molecule has 1 aliphatic heterocycles. The third kappa shape index (κ3) is 3.23. The van der Waals surface area contributed by atoms with Crippen LogP contribution in [0.5, 0.6) is 0 Å². The van der Waals surface area contributed by atoms with Crippen molar-refractivity contribution in [3.63, 3.8) is 0 Å². The highest BCUT2D eigenvalue weighted by Crippen LogP contribution is 2.17. The number of rotatable bonds is 2. The van der Waals surface area contributed by atoms with E-state index in [0.717, 1.165) is 25.9 Å². The van der Waals surface area contributed by atoms with Crippen LogP contribution in [0.25, 0.3) is 0 Å². The number of hydrogen-bond acceptors (Lipinski definition) is 3. The summed E-state index contributed by atoms with van der Waals surface area (Å²) in [6.45, 7) is 3.41. The molecular weight excluding hydrogens is 322 g/mol. The highest BCUT2D eigenvalue weighted by Gasteiger charge is 2.17. The molecule has 0 aliphatic carbocycles. The number of nitrogens with two attached hydrogens (primary N) is 1. The summed E-state index contributed by atoms with van der Waals surface area (Å²) in [5.41, 5.74) is 6.88. The van der Waals surface area contributed by atoms with Crippen molar-refractivity contribution >= 4 is 27.5 Å². The summed E-state index contributed by atoms with van der Waals surface area (Å²) in [6.07, 6.45) is 5.98. The Bertz CT molecular complexity index is 560. The second kappa shape index (κ2) is 6.43. The van der Waals surface area contributed by atoms with Crippen LogP contribution < -0.4 is 11.3 Å². The zero-order chi connectivity index (χ0) is 14.7. The van der Waals surface area contributed by atoms with Gasteiger partial charge in [-0.1, -0.05) is 12.8 Å². The average molecular weight is 342 g/mol. The van der Waals surface area contributed by atoms with Gasteiger partial charge in [0.25, 0.3) is 5.56 Å². The van der Waals surface area contributed by atoms with Crippen LogP contribution in [0.3, 0.4) is 0 Å². The molecule has 20 heavy (non-hydrogen) atoms. The molecule has 0 bridgehead atoms. The smallest absolute Gasteiger partial charge is 0.265 e. The molecule has 1 fully saturated rings. The summed E-state index contributed by atoms with van der Waals surface area (Å²) in [5.74, 6) is -0.0100. The predicted molar refractivity (Wildman–Crippen MR) is 82.6 cm³/mol. The molecule has 1 saturated heterocycles. The molecule has 0 unspecified atom stereocenters. The predicted octanol–water partition coefficient (Wildman–Crippen LogP) is 1.90. The molecular formula is C14H20BrN3O2. The molecule has 1 aliphatic rings. The number of amides is 1. The van der Waals surface area contributed by atoms with Gasteiger partial charge in [-0.3, -0.25) is 9.59 Å². The van der Waals surface area contributed by atoms with E-state index in [1.807, 2.05) is 4.90 Å². The molecule has 1 aromatic rings. The Morgan fingerprint density at radius 2 is 1.90 bits per heavy atom. The van der Waals surface area contributed by atoms with Crippen LogP contribution in [0.2, 0.25) is 0 Å². The number of nitrogens with zero attached hydrogens (tertiary/aromatic N) is 2. The first-order chi connectivity index (χ1) is 9.50. The Balaban J connectivity index is 2.17. The number of hydrogen-bond donors (Lipinski definition) is 1. The fourth-order valence-electron chi connectivity index (χ4n) is 2.42. The quantitative estimate of drug-likeness (QED) is 0.893. The van der Waals surface area contributed by atoms with Gasteiger partial charge in [0.15, 0.2) is 0 Å². The fraction of sp³-hybridized carbons (Fsp3) is 0.571. The molecule has 6 heteroatoms. The molecule has 2 rings (SSSR count). The zero-order valence-corrected chi connectivity index (χ0v) is 13.3. The molecule has 110 valence electrons. The average Bonchev–Trinajstić information content (AvgIpc) is 2.71. The van der Waals surface area contributed by atoms with Crippen LogP contribution in [0.1, 0.15) is 31.2 Å². The first-order valence-corrected chi connectivity index (χ1v) is 7.73. The van der Waals surface area contributed by atoms with E-state index < -0.39 is 0 Å². The molecule has 1 aromatic heterocycles. The maximum absolute atomic E-state index is 12.3. The summed E-state index contributed by atoms with van der Waals surface area (Å²) in [6, 6.07) is 0. The minimum atomic E-state index is -0.208. The van der Waals surface area contributed by atoms with Crippen LogP contribution in [-0.4, -0.2) is 28.5 Å². The first kappa shape index (κ1) is 15.1. The minimum absolute atomic E-state index is 0.0100. The Morgan fingerprint density at radius 1 is 1.30 bits per heavy atom. The van der Waals surface area contributed by atoms with Crippen molar-refractivity contribution in [1.29, 1.82) is 0 Å². The maximum Gasteiger partial charge on any atom is 0.265 e. The number of aromatic nitrogens is 1. The first-order valence-electron chi connectivity index (χ1n) is 6.93. The van der Waals surface area contributed by atoms with Gasteiger partial charge in [-0.15, -0.1) is 0 Å². The van der Waals surface area contributed by atoms with Gasteiger partial charge in [-0.25, -0.2) is 0 Å². The lowest BCUT2D eigenvalue weighted by atomic mass is 10.2. The molecule has 0 atom stereocenters. The van der Waals surface area contributed by atoms with Crippen molar-refractivity contribution < 1.29 is 4.79 Å². The highest BCUT2D eigenvalue weighted by atomic mass is 79.9. The summed E-state index contributed by atoms with van der Waals surface area (Å²) >= 11 is 3.24. The van der Waals surface area contributed by atoms with Gasteiger partial charge in [0.05, 0.1) is 10.2 Å². The Kier molecular flexibility index (Phi) is 4.86. The lowest BCUT2D eigenvalue weighted by Crippen LogP contribution is -2.37. The molecule has 0 aromatic carbocycles. The number of nitrogen functional groups attached to an aromatic ring is 1. The second-order valence-electron chi connectivity index (χ2n) is 5.25. The van der Waals surface area contributed by atoms with Crippen LogP contribution in [0.4, 0.5) is 5.69 Å². The fourth-order valence-corrected chi connectivity index (χ4v) is 2.88. The molecule has 0 spiro atoms. The van der Waals surface area contributed by atoms with E-state index in [4.69, 9.17) is 5.73 Å². The number of halogens is 1. The van der Waals surface area contributed by atoms with Crippen LogP contribution in [-0.2, 0) is 11.3 Å². The lowest BCUT2D eigenvalue weighted by Gasteiger charge is -2.21. The van der Waals surface area contributed by atoms with Gasteiger partial charge in [-0.05, 0) is 41.3 Å². The van der Waals surface area contributed by atoms with Crippen molar-refractivity contribution in [2.75, 3.05) is 18.8 Å². The summed E-state index contributed by atoms with van der Waals surface area (Å²) in [7, 11) is 0. The highest BCUT2D eigenvalue weighted by molar-refractivity contribution is 9.10. The van der Waals surface area contributed by atoms with Gasteiger partial charge in [0.2, 0.25) is 5.91 Å². The van der Waals surface area contributed by atoms with Crippen LogP contribution >= 0.6 is 15.9 Å². The third-order valence-corrected chi connectivity index (χ3v) is 4.70. The molecule has 0 saturated carbocycles. The monoisotopic (exact) mass is 341 g/mol. The lowest BCUT2D eigenvalue weighted by molar-refractivity contribution is -0.131. The molecule has 1 amide bonds. The van der Waals surface area contributed by atoms with E-state index in [0.29, 0.717) is 15.7 Å². The summed E-state index contributed by atoms with van der Waals surface area (Å²) in [4.78, 5) is 26.3. The number of anilines is 1. The van der Waals surface area contributed by atoms with E-state index in [2.05, 4.69) is 15.9 Å². The number of carbonyl (C=O) groups is 1. The largest absolute Gasteiger partial charge is 0.397 e. The van der Waals surface area contributed by atoms with Gasteiger partial charge < -0.3 is 15.2 Å². The molecule has 0 radical (unpaired) electrons. The summed E-state index contributed by atoms with van der Waals surface area (Å²) < 4.78 is 1.82. The van der Waals surface area contributed by atoms with Gasteiger partial charge in [-0.2, -0.15) is 0 Å². The minimum Gasteiger partial charge on any atom is -0.397 e. The normalized spacial score (nSPS) is 16.0. The van der Waals surface area contributed by atoms with Crippen molar-refractivity contribution in [3.8, 4) is 0 Å². The second-order valence-corrected chi connectivity index (χ2v) is 6.04. The van der Waals surface area contributed by atoms with Crippen LogP contribution in [0, 0.1) is 6.92 Å². The SMILES string of the molecule is Cc1c(N)cn(CC(=O)N2CCCCCC2)c(=O)c1Br. The number of pyridine rings is 1. The van der Waals surface area contributed by atoms with Crippen molar-refractivity contribution in [2.45, 2.75) is 39.2 Å². The standard InChI is InChI=1S/C14H20BrN3O2/c1-10-11(16)8-18(14(20)13(10)15)9-12(19)17-6-4-2-3-5-7-17/h8H,2-7,9,16H2,1H3. The number of likely N-dealkylation sites (tertiary alicyclic amines) is 1. The zero-order valence-electron chi connectivity index (χ0n) is 11.7. The van der Waals surface area contributed by atoms with E-state index in [1.54, 1.807) is 13.1 Å². The van der Waals surface area contributed by atoms with Gasteiger partial charge in [0.1, 0.15) is 6.54 Å². The topological polar surface area (TPSA) is 68.3 Å². The van der Waals surface area contributed by atoms with E-state index in [1.165, 1.54) is 17.4 Å². The van der Waals surface area contributed by atoms with E-state index >= 15 is 0 Å². The molecule has 5 nitrogen and oxygen atoms in total. The van der Waals surface area contributed by atoms with Gasteiger partial charge >= 0.3 is 0 Å². The Morgan fingerprint density at radius 3 is 2.50 bits per heavy atom. The Hall–Kier alpha value is -1.30. The van der Waals surface area contributed by atoms with Crippen molar-refractivity contribution in [1.82, 2.24) is 9.47 Å². The summed E-state index contributed by atoms with van der Waals surface area (Å²) in [5, 5.41) is 0. The Labute approximate surface area is 126 Å². The van der Waals surface area contributed by atoms with Crippen molar-refractivity contribution in [2.24, 2.45) is 0 Å². The van der Waals surface area contributed by atoms with Gasteiger partial charge in [0, 0.05) is 19.3 Å². The van der Waals surface area contributed by atoms with E-state index in [9.17, 15) is 9.59 Å². The van der Waals surface area contributed by atoms with Crippen LogP contribution in [0.15, 0.2) is 15.5 Å². The van der Waals surface area contributed by atoms with E-state index in [-0.39, 0.29) is 18.0 Å². The van der Waals surface area contributed by atoms with Crippen molar-refractivity contribution in [3.05, 3.63) is 26.6 Å². The third-order valence-electron chi connectivity index (χ3n) is 3.77.